The summed E-state index contributed by atoms with van der Waals surface area (Å²) >= 11 is 0. The SMILES string of the molecule is CCn1ccc(CNS(=O)(=O)Cc2ccccc2)n1. The lowest BCUT2D eigenvalue weighted by atomic mass is 10.2. The molecule has 1 aromatic heterocycles. The van der Waals surface area contributed by atoms with Crippen molar-refractivity contribution in [2.75, 3.05) is 0 Å². The molecule has 0 fully saturated rings. The Labute approximate surface area is 113 Å². The Morgan fingerprint density at radius 2 is 1.95 bits per heavy atom. The monoisotopic (exact) mass is 279 g/mol. The van der Waals surface area contributed by atoms with Gasteiger partial charge in [0.1, 0.15) is 0 Å². The van der Waals surface area contributed by atoms with Crippen LogP contribution in [0.1, 0.15) is 18.2 Å². The normalized spacial score (nSPS) is 11.6. The topological polar surface area (TPSA) is 64.0 Å². The molecule has 0 amide bonds. The molecule has 19 heavy (non-hydrogen) atoms. The van der Waals surface area contributed by atoms with Crippen molar-refractivity contribution in [3.8, 4) is 0 Å². The summed E-state index contributed by atoms with van der Waals surface area (Å²) in [5, 5.41) is 4.23. The summed E-state index contributed by atoms with van der Waals surface area (Å²) in [6, 6.07) is 10.9. The zero-order valence-electron chi connectivity index (χ0n) is 10.8. The summed E-state index contributed by atoms with van der Waals surface area (Å²) < 4.78 is 28.1. The maximum atomic E-state index is 11.9. The van der Waals surface area contributed by atoms with Crippen molar-refractivity contribution in [1.29, 1.82) is 0 Å². The second-order valence-corrected chi connectivity index (χ2v) is 6.04. The van der Waals surface area contributed by atoms with Crippen LogP contribution in [-0.2, 0) is 28.9 Å². The molecule has 0 bridgehead atoms. The van der Waals surface area contributed by atoms with E-state index in [0.717, 1.165) is 17.8 Å². The predicted octanol–water partition coefficient (Wildman–Crippen LogP) is 1.52. The summed E-state index contributed by atoms with van der Waals surface area (Å²) in [7, 11) is -3.33. The lowest BCUT2D eigenvalue weighted by Gasteiger charge is -2.05. The van der Waals surface area contributed by atoms with Gasteiger partial charge in [-0.25, -0.2) is 13.1 Å². The number of nitrogens with zero attached hydrogens (tertiary/aromatic N) is 2. The van der Waals surface area contributed by atoms with Crippen molar-refractivity contribution >= 4 is 10.0 Å². The van der Waals surface area contributed by atoms with E-state index in [-0.39, 0.29) is 12.3 Å². The summed E-state index contributed by atoms with van der Waals surface area (Å²) in [4.78, 5) is 0. The highest BCUT2D eigenvalue weighted by Gasteiger charge is 2.11. The molecule has 1 N–H and O–H groups in total. The number of benzene rings is 1. The maximum absolute atomic E-state index is 11.9. The number of sulfonamides is 1. The van der Waals surface area contributed by atoms with Gasteiger partial charge in [-0.05, 0) is 18.6 Å². The Morgan fingerprint density at radius 3 is 2.58 bits per heavy atom. The van der Waals surface area contributed by atoms with E-state index in [1.807, 2.05) is 37.4 Å². The van der Waals surface area contributed by atoms with E-state index in [1.165, 1.54) is 0 Å². The molecule has 0 aliphatic heterocycles. The lowest BCUT2D eigenvalue weighted by molar-refractivity contribution is 0.577. The Hall–Kier alpha value is -1.66. The van der Waals surface area contributed by atoms with Crippen molar-refractivity contribution in [2.45, 2.75) is 25.8 Å². The highest BCUT2D eigenvalue weighted by atomic mass is 32.2. The molecule has 1 heterocycles. The molecule has 2 rings (SSSR count). The summed E-state index contributed by atoms with van der Waals surface area (Å²) in [6.07, 6.45) is 1.83. The molecule has 0 aliphatic carbocycles. The lowest BCUT2D eigenvalue weighted by Crippen LogP contribution is -2.25. The molecular weight excluding hydrogens is 262 g/mol. The summed E-state index contributed by atoms with van der Waals surface area (Å²) in [5.41, 5.74) is 1.49. The van der Waals surface area contributed by atoms with Crippen LogP contribution in [0.3, 0.4) is 0 Å². The van der Waals surface area contributed by atoms with Gasteiger partial charge in [-0.1, -0.05) is 30.3 Å². The number of hydrogen-bond acceptors (Lipinski definition) is 3. The number of rotatable bonds is 6. The molecule has 2 aromatic rings. The molecule has 0 saturated carbocycles. The van der Waals surface area contributed by atoms with Gasteiger partial charge in [0.15, 0.2) is 0 Å². The standard InChI is InChI=1S/C13H17N3O2S/c1-2-16-9-8-13(15-16)10-14-19(17,18)11-12-6-4-3-5-7-12/h3-9,14H,2,10-11H2,1H3. The fourth-order valence-electron chi connectivity index (χ4n) is 1.70. The largest absolute Gasteiger partial charge is 0.273 e. The van der Waals surface area contributed by atoms with Crippen molar-refractivity contribution in [3.05, 3.63) is 53.9 Å². The molecular formula is C13H17N3O2S. The fraction of sp³-hybridized carbons (Fsp3) is 0.308. The van der Waals surface area contributed by atoms with Crippen LogP contribution in [0.15, 0.2) is 42.6 Å². The molecule has 102 valence electrons. The van der Waals surface area contributed by atoms with Gasteiger partial charge >= 0.3 is 0 Å². The van der Waals surface area contributed by atoms with E-state index in [0.29, 0.717) is 0 Å². The van der Waals surface area contributed by atoms with Crippen molar-refractivity contribution in [1.82, 2.24) is 14.5 Å². The predicted molar refractivity (Wildman–Crippen MR) is 73.8 cm³/mol. The van der Waals surface area contributed by atoms with E-state index < -0.39 is 10.0 Å². The third-order valence-electron chi connectivity index (χ3n) is 2.69. The number of hydrogen-bond donors (Lipinski definition) is 1. The minimum Gasteiger partial charge on any atom is -0.273 e. The van der Waals surface area contributed by atoms with E-state index in [4.69, 9.17) is 0 Å². The zero-order valence-corrected chi connectivity index (χ0v) is 11.6. The third-order valence-corrected chi connectivity index (χ3v) is 3.99. The van der Waals surface area contributed by atoms with Gasteiger partial charge in [0.25, 0.3) is 0 Å². The first-order chi connectivity index (χ1) is 9.09. The van der Waals surface area contributed by atoms with E-state index in [2.05, 4.69) is 9.82 Å². The summed E-state index contributed by atoms with van der Waals surface area (Å²) in [5.74, 6) is -0.0116. The van der Waals surface area contributed by atoms with Crippen LogP contribution in [0.2, 0.25) is 0 Å². The van der Waals surface area contributed by atoms with Crippen molar-refractivity contribution in [3.63, 3.8) is 0 Å². The second-order valence-electron chi connectivity index (χ2n) is 4.23. The molecule has 0 unspecified atom stereocenters. The summed E-state index contributed by atoms with van der Waals surface area (Å²) in [6.45, 7) is 2.98. The van der Waals surface area contributed by atoms with Crippen LogP contribution in [0.25, 0.3) is 0 Å². The van der Waals surface area contributed by atoms with Crippen LogP contribution in [0.4, 0.5) is 0 Å². The molecule has 0 radical (unpaired) electrons. The van der Waals surface area contributed by atoms with Crippen molar-refractivity contribution in [2.24, 2.45) is 0 Å². The van der Waals surface area contributed by atoms with E-state index in [1.54, 1.807) is 16.8 Å². The minimum atomic E-state index is -3.33. The van der Waals surface area contributed by atoms with Gasteiger partial charge in [0, 0.05) is 12.7 Å². The third kappa shape index (κ3) is 4.18. The number of aryl methyl sites for hydroxylation is 1. The average molecular weight is 279 g/mol. The Bertz CT molecular complexity index is 620. The van der Waals surface area contributed by atoms with Crippen LogP contribution in [0.5, 0.6) is 0 Å². The first-order valence-corrected chi connectivity index (χ1v) is 7.78. The first kappa shape index (κ1) is 13.8. The van der Waals surface area contributed by atoms with Gasteiger partial charge in [-0.2, -0.15) is 5.10 Å². The van der Waals surface area contributed by atoms with Crippen molar-refractivity contribution < 1.29 is 8.42 Å². The van der Waals surface area contributed by atoms with E-state index >= 15 is 0 Å². The zero-order chi connectivity index (χ0) is 13.7. The average Bonchev–Trinajstić information content (AvgIpc) is 2.85. The van der Waals surface area contributed by atoms with Gasteiger partial charge in [-0.3, -0.25) is 4.68 Å². The highest BCUT2D eigenvalue weighted by Crippen LogP contribution is 2.05. The van der Waals surface area contributed by atoms with Crippen LogP contribution >= 0.6 is 0 Å². The Kier molecular flexibility index (Phi) is 4.34. The molecule has 6 heteroatoms. The molecule has 0 atom stereocenters. The smallest absolute Gasteiger partial charge is 0.216 e. The van der Waals surface area contributed by atoms with Gasteiger partial charge < -0.3 is 0 Å². The first-order valence-electron chi connectivity index (χ1n) is 6.12. The highest BCUT2D eigenvalue weighted by molar-refractivity contribution is 7.88. The molecule has 5 nitrogen and oxygen atoms in total. The molecule has 1 aromatic carbocycles. The van der Waals surface area contributed by atoms with Crippen LogP contribution in [-0.4, -0.2) is 18.2 Å². The van der Waals surface area contributed by atoms with Gasteiger partial charge in [-0.15, -0.1) is 0 Å². The van der Waals surface area contributed by atoms with Gasteiger partial charge in [0.2, 0.25) is 10.0 Å². The van der Waals surface area contributed by atoms with Crippen LogP contribution in [0, 0.1) is 0 Å². The van der Waals surface area contributed by atoms with Gasteiger partial charge in [0.05, 0.1) is 18.0 Å². The van der Waals surface area contributed by atoms with Crippen LogP contribution < -0.4 is 4.72 Å². The number of nitrogens with one attached hydrogen (secondary N) is 1. The Morgan fingerprint density at radius 1 is 1.21 bits per heavy atom. The second kappa shape index (κ2) is 5.99. The number of aromatic nitrogens is 2. The maximum Gasteiger partial charge on any atom is 0.216 e. The quantitative estimate of drug-likeness (QED) is 0.872. The molecule has 0 aliphatic rings. The molecule has 0 spiro atoms. The van der Waals surface area contributed by atoms with E-state index in [9.17, 15) is 8.42 Å². The minimum absolute atomic E-state index is 0.0116. The molecule has 0 saturated heterocycles. The fourth-order valence-corrected chi connectivity index (χ4v) is 2.80. The Balaban J connectivity index is 1.94.